The fraction of sp³-hybridized carbons (Fsp3) is 0.667. The molecule has 4 nitrogen and oxygen atoms in total. The first kappa shape index (κ1) is 12.5. The van der Waals surface area contributed by atoms with E-state index < -0.39 is 5.97 Å². The molecule has 2 rings (SSSR count). The van der Waals surface area contributed by atoms with Crippen LogP contribution in [0.2, 0.25) is 0 Å². The van der Waals surface area contributed by atoms with Crippen molar-refractivity contribution in [1.29, 1.82) is 0 Å². The molecule has 0 aromatic carbocycles. The van der Waals surface area contributed by atoms with E-state index in [4.69, 9.17) is 0 Å². The minimum Gasteiger partial charge on any atom is -0.480 e. The first-order chi connectivity index (χ1) is 8.00. The molecular formula is C12H18N2O2S. The molecule has 1 saturated heterocycles. The molecule has 0 radical (unpaired) electrons. The number of likely N-dealkylation sites (tertiary alicyclic amines) is 1. The van der Waals surface area contributed by atoms with Crippen molar-refractivity contribution in [1.82, 2.24) is 9.88 Å². The van der Waals surface area contributed by atoms with E-state index in [0.717, 1.165) is 30.1 Å². The lowest BCUT2D eigenvalue weighted by molar-refractivity contribution is -0.142. The molecule has 2 unspecified atom stereocenters. The van der Waals surface area contributed by atoms with Gasteiger partial charge in [0.1, 0.15) is 6.04 Å². The van der Waals surface area contributed by atoms with E-state index in [1.54, 1.807) is 11.3 Å². The Hall–Kier alpha value is -0.940. The number of thiazole rings is 1. The van der Waals surface area contributed by atoms with E-state index in [9.17, 15) is 9.90 Å². The number of aliphatic carboxylic acids is 1. The average molecular weight is 254 g/mol. The summed E-state index contributed by atoms with van der Waals surface area (Å²) in [6.07, 6.45) is 1.73. The van der Waals surface area contributed by atoms with Gasteiger partial charge in [-0.3, -0.25) is 9.69 Å². The normalized spacial score (nSPS) is 22.9. The maximum Gasteiger partial charge on any atom is 0.320 e. The van der Waals surface area contributed by atoms with E-state index in [1.807, 2.05) is 13.8 Å². The summed E-state index contributed by atoms with van der Waals surface area (Å²) in [6.45, 7) is 6.95. The number of rotatable bonds is 3. The number of hydrogen-bond donors (Lipinski definition) is 1. The third-order valence-corrected chi connectivity index (χ3v) is 4.64. The predicted molar refractivity (Wildman–Crippen MR) is 67.4 cm³/mol. The van der Waals surface area contributed by atoms with Crippen LogP contribution in [-0.2, 0) is 4.79 Å². The van der Waals surface area contributed by atoms with Crippen LogP contribution in [-0.4, -0.2) is 33.5 Å². The highest BCUT2D eigenvalue weighted by Gasteiger charge is 2.35. The second-order valence-corrected chi connectivity index (χ2v) is 5.83. The van der Waals surface area contributed by atoms with Gasteiger partial charge in [-0.25, -0.2) is 4.98 Å². The van der Waals surface area contributed by atoms with Crippen LogP contribution < -0.4 is 0 Å². The maximum atomic E-state index is 11.2. The van der Waals surface area contributed by atoms with Crippen molar-refractivity contribution in [3.05, 3.63) is 15.6 Å². The van der Waals surface area contributed by atoms with E-state index in [1.165, 1.54) is 4.88 Å². The molecule has 1 fully saturated rings. The molecule has 17 heavy (non-hydrogen) atoms. The Bertz CT molecular complexity index is 430. The minimum absolute atomic E-state index is 0.157. The van der Waals surface area contributed by atoms with E-state index in [-0.39, 0.29) is 12.1 Å². The summed E-state index contributed by atoms with van der Waals surface area (Å²) >= 11 is 1.68. The number of hydrogen-bond acceptors (Lipinski definition) is 4. The van der Waals surface area contributed by atoms with E-state index in [0.29, 0.717) is 0 Å². The molecule has 0 saturated carbocycles. The van der Waals surface area contributed by atoms with E-state index in [2.05, 4.69) is 16.8 Å². The molecule has 94 valence electrons. The van der Waals surface area contributed by atoms with Crippen LogP contribution in [0.25, 0.3) is 0 Å². The van der Waals surface area contributed by atoms with Crippen LogP contribution in [0.15, 0.2) is 0 Å². The highest BCUT2D eigenvalue weighted by molar-refractivity contribution is 7.11. The summed E-state index contributed by atoms with van der Waals surface area (Å²) in [6, 6.07) is -0.170. The Balaban J connectivity index is 2.22. The Labute approximate surface area is 105 Å². The molecule has 1 N–H and O–H groups in total. The second kappa shape index (κ2) is 4.74. The van der Waals surface area contributed by atoms with Gasteiger partial charge in [-0.2, -0.15) is 0 Å². The molecular weight excluding hydrogens is 236 g/mol. The van der Waals surface area contributed by atoms with Crippen molar-refractivity contribution in [2.45, 2.75) is 45.7 Å². The summed E-state index contributed by atoms with van der Waals surface area (Å²) in [5.74, 6) is -0.701. The predicted octanol–water partition coefficient (Wildman–Crippen LogP) is 2.37. The van der Waals surface area contributed by atoms with Crippen LogP contribution in [0.5, 0.6) is 0 Å². The lowest BCUT2D eigenvalue weighted by Crippen LogP contribution is -2.37. The van der Waals surface area contributed by atoms with Crippen molar-refractivity contribution in [3.63, 3.8) is 0 Å². The Kier molecular flexibility index (Phi) is 3.49. The summed E-state index contributed by atoms with van der Waals surface area (Å²) in [5, 5.41) is 10.3. The van der Waals surface area contributed by atoms with Crippen LogP contribution in [0.4, 0.5) is 0 Å². The van der Waals surface area contributed by atoms with Crippen molar-refractivity contribution in [2.24, 2.45) is 0 Å². The lowest BCUT2D eigenvalue weighted by atomic mass is 10.1. The van der Waals surface area contributed by atoms with Gasteiger partial charge >= 0.3 is 5.97 Å². The maximum absolute atomic E-state index is 11.2. The number of carboxylic acid groups (broad SMARTS) is 1. The standard InChI is InChI=1S/C12H18N2O2S/c1-7-11(17-9(3)13-7)8(2)14-6-4-5-10(14)12(15)16/h8,10H,4-6H2,1-3H3,(H,15,16). The lowest BCUT2D eigenvalue weighted by Gasteiger charge is -2.27. The van der Waals surface area contributed by atoms with Crippen LogP contribution in [0.3, 0.4) is 0 Å². The zero-order valence-electron chi connectivity index (χ0n) is 10.4. The number of aryl methyl sites for hydroxylation is 2. The van der Waals surface area contributed by atoms with Gasteiger partial charge in [0.15, 0.2) is 0 Å². The quantitative estimate of drug-likeness (QED) is 0.899. The van der Waals surface area contributed by atoms with Gasteiger partial charge in [0.2, 0.25) is 0 Å². The fourth-order valence-electron chi connectivity index (χ4n) is 2.60. The van der Waals surface area contributed by atoms with Crippen molar-refractivity contribution < 1.29 is 9.90 Å². The zero-order valence-corrected chi connectivity index (χ0v) is 11.3. The van der Waals surface area contributed by atoms with Gasteiger partial charge in [0.25, 0.3) is 0 Å². The smallest absolute Gasteiger partial charge is 0.320 e. The Morgan fingerprint density at radius 2 is 2.29 bits per heavy atom. The molecule has 0 aliphatic carbocycles. The highest BCUT2D eigenvalue weighted by Crippen LogP contribution is 2.33. The Morgan fingerprint density at radius 3 is 2.82 bits per heavy atom. The van der Waals surface area contributed by atoms with Gasteiger partial charge in [0.05, 0.1) is 10.7 Å². The van der Waals surface area contributed by atoms with Crippen LogP contribution in [0, 0.1) is 13.8 Å². The number of nitrogens with zero attached hydrogens (tertiary/aromatic N) is 2. The average Bonchev–Trinajstić information content (AvgIpc) is 2.83. The number of aromatic nitrogens is 1. The Morgan fingerprint density at radius 1 is 1.59 bits per heavy atom. The molecule has 2 atom stereocenters. The summed E-state index contributed by atoms with van der Waals surface area (Å²) in [4.78, 5) is 18.9. The van der Waals surface area contributed by atoms with Gasteiger partial charge in [0, 0.05) is 10.9 Å². The molecule has 0 bridgehead atoms. The summed E-state index contributed by atoms with van der Waals surface area (Å²) < 4.78 is 0. The molecule has 0 spiro atoms. The van der Waals surface area contributed by atoms with Gasteiger partial charge < -0.3 is 5.11 Å². The zero-order chi connectivity index (χ0) is 12.6. The van der Waals surface area contributed by atoms with Crippen LogP contribution >= 0.6 is 11.3 Å². The summed E-state index contributed by atoms with van der Waals surface area (Å²) in [5.41, 5.74) is 1.04. The third kappa shape index (κ3) is 2.35. The van der Waals surface area contributed by atoms with Crippen molar-refractivity contribution >= 4 is 17.3 Å². The van der Waals surface area contributed by atoms with Crippen LogP contribution in [0.1, 0.15) is 41.4 Å². The molecule has 2 heterocycles. The number of carboxylic acids is 1. The highest BCUT2D eigenvalue weighted by atomic mass is 32.1. The molecule has 0 amide bonds. The molecule has 5 heteroatoms. The minimum atomic E-state index is -0.701. The fourth-order valence-corrected chi connectivity index (χ4v) is 3.60. The van der Waals surface area contributed by atoms with E-state index >= 15 is 0 Å². The first-order valence-corrected chi connectivity index (χ1v) is 6.75. The SMILES string of the molecule is Cc1nc(C)c(C(C)N2CCCC2C(=O)O)s1. The van der Waals surface area contributed by atoms with Gasteiger partial charge in [-0.1, -0.05) is 0 Å². The third-order valence-electron chi connectivity index (χ3n) is 3.40. The monoisotopic (exact) mass is 254 g/mol. The molecule has 1 aromatic heterocycles. The van der Waals surface area contributed by atoms with Gasteiger partial charge in [-0.15, -0.1) is 11.3 Å². The molecule has 1 aromatic rings. The first-order valence-electron chi connectivity index (χ1n) is 5.93. The van der Waals surface area contributed by atoms with Crippen molar-refractivity contribution in [2.75, 3.05) is 6.54 Å². The van der Waals surface area contributed by atoms with Gasteiger partial charge in [-0.05, 0) is 40.2 Å². The molecule has 1 aliphatic rings. The van der Waals surface area contributed by atoms with Crippen molar-refractivity contribution in [3.8, 4) is 0 Å². The topological polar surface area (TPSA) is 53.4 Å². The second-order valence-electron chi connectivity index (χ2n) is 4.59. The number of carbonyl (C=O) groups is 1. The summed E-state index contributed by atoms with van der Waals surface area (Å²) in [7, 11) is 0. The largest absolute Gasteiger partial charge is 0.480 e. The molecule has 1 aliphatic heterocycles.